The maximum Gasteiger partial charge on any atom is 0.410 e. The van der Waals surface area contributed by atoms with Crippen LogP contribution in [-0.2, 0) is 25.4 Å². The van der Waals surface area contributed by atoms with Crippen LogP contribution >= 0.6 is 0 Å². The summed E-state index contributed by atoms with van der Waals surface area (Å²) in [4.78, 5) is 40.5. The predicted molar refractivity (Wildman–Crippen MR) is 176 cm³/mol. The average molecular weight is 656 g/mol. The molecule has 2 saturated heterocycles. The van der Waals surface area contributed by atoms with Crippen LogP contribution in [0.4, 0.5) is 14.9 Å². The molecular weight excluding hydrogens is 605 g/mol. The summed E-state index contributed by atoms with van der Waals surface area (Å²) < 4.78 is 36.8. The molecule has 0 spiro atoms. The molecule has 2 amide bonds. The van der Waals surface area contributed by atoms with E-state index in [9.17, 15) is 14.0 Å². The summed E-state index contributed by atoms with van der Waals surface area (Å²) in [5.74, 6) is 0.0255. The van der Waals surface area contributed by atoms with E-state index in [1.54, 1.807) is 28.1 Å². The van der Waals surface area contributed by atoms with Gasteiger partial charge in [-0.25, -0.2) is 14.2 Å². The Balaban J connectivity index is 1.40. The largest absolute Gasteiger partial charge is 0.474 e. The molecule has 2 aromatic rings. The number of nitrogens with zero attached hydrogens (tertiary/aromatic N) is 5. The van der Waals surface area contributed by atoms with Crippen LogP contribution in [0.15, 0.2) is 36.5 Å². The van der Waals surface area contributed by atoms with Gasteiger partial charge in [0.05, 0.1) is 32.4 Å². The molecule has 0 radical (unpaired) electrons. The number of pyridine rings is 1. The Hall–Kier alpha value is -3.32. The SMILES string of the molecule is CCOC[C@H]1COc2ncc(Cc3ccc(F)cc3)cc2N1C(=O)CN1C[C@@H](C)N(C(=O)OC(C)(C)C)C[C@@H]1CN1CCOC[C@H]1C. The van der Waals surface area contributed by atoms with Crippen molar-refractivity contribution in [1.29, 1.82) is 0 Å². The summed E-state index contributed by atoms with van der Waals surface area (Å²) in [6.07, 6.45) is 1.93. The van der Waals surface area contributed by atoms with Crippen molar-refractivity contribution in [2.24, 2.45) is 0 Å². The molecule has 4 atom stereocenters. The number of anilines is 1. The molecule has 0 unspecified atom stereocenters. The van der Waals surface area contributed by atoms with Crippen LogP contribution < -0.4 is 9.64 Å². The third-order valence-corrected chi connectivity index (χ3v) is 8.90. The van der Waals surface area contributed by atoms with E-state index in [4.69, 9.17) is 18.9 Å². The Bertz CT molecular complexity index is 1370. The first-order valence-electron chi connectivity index (χ1n) is 16.7. The van der Waals surface area contributed by atoms with Gasteiger partial charge in [0.1, 0.15) is 23.7 Å². The molecule has 2 fully saturated rings. The lowest BCUT2D eigenvalue weighted by atomic mass is 10.0. The monoisotopic (exact) mass is 655 g/mol. The standard InChI is InChI=1S/C35H50FN5O6/c1-7-44-22-30-23-46-33-31(15-27(16-37-33)14-26-8-10-28(36)11-9-26)41(30)32(42)20-39-17-24(2)40(34(43)47-35(4,5)6)19-29(39)18-38-12-13-45-21-25(38)3/h8-11,15-16,24-25,29-30H,7,12-14,17-23H2,1-6H3/t24-,25-,29+,30+/m1/s1. The fourth-order valence-corrected chi connectivity index (χ4v) is 6.47. The van der Waals surface area contributed by atoms with E-state index in [1.807, 2.05) is 40.7 Å². The number of carbonyl (C=O) groups is 2. The molecule has 12 heteroatoms. The van der Waals surface area contributed by atoms with E-state index in [0.717, 1.165) is 17.7 Å². The van der Waals surface area contributed by atoms with Gasteiger partial charge in [-0.1, -0.05) is 12.1 Å². The third kappa shape index (κ3) is 8.98. The van der Waals surface area contributed by atoms with Crippen molar-refractivity contribution in [1.82, 2.24) is 19.7 Å². The molecule has 4 heterocycles. The van der Waals surface area contributed by atoms with Crippen molar-refractivity contribution in [3.63, 3.8) is 0 Å². The van der Waals surface area contributed by atoms with E-state index < -0.39 is 5.60 Å². The number of carbonyl (C=O) groups excluding carboxylic acids is 2. The molecule has 0 N–H and O–H groups in total. The Morgan fingerprint density at radius 3 is 2.49 bits per heavy atom. The fourth-order valence-electron chi connectivity index (χ4n) is 6.47. The molecule has 47 heavy (non-hydrogen) atoms. The van der Waals surface area contributed by atoms with Crippen LogP contribution in [0.25, 0.3) is 0 Å². The number of ether oxygens (including phenoxy) is 4. The highest BCUT2D eigenvalue weighted by Crippen LogP contribution is 2.34. The number of halogens is 1. The highest BCUT2D eigenvalue weighted by Gasteiger charge is 2.41. The molecule has 5 rings (SSSR count). The van der Waals surface area contributed by atoms with Crippen LogP contribution in [0.5, 0.6) is 5.88 Å². The quantitative estimate of drug-likeness (QED) is 0.398. The second kappa shape index (κ2) is 15.3. The van der Waals surface area contributed by atoms with Crippen molar-refractivity contribution in [3.8, 4) is 5.88 Å². The minimum Gasteiger partial charge on any atom is -0.474 e. The first-order valence-corrected chi connectivity index (χ1v) is 16.7. The van der Waals surface area contributed by atoms with Gasteiger partial charge in [0.25, 0.3) is 0 Å². The van der Waals surface area contributed by atoms with E-state index in [1.165, 1.54) is 12.1 Å². The highest BCUT2D eigenvalue weighted by molar-refractivity contribution is 5.97. The van der Waals surface area contributed by atoms with Gasteiger partial charge in [0.15, 0.2) is 0 Å². The van der Waals surface area contributed by atoms with Gasteiger partial charge in [-0.3, -0.25) is 19.5 Å². The molecular formula is C35H50FN5O6. The minimum absolute atomic E-state index is 0.0853. The van der Waals surface area contributed by atoms with Crippen LogP contribution in [-0.4, -0.2) is 127 Å². The number of fused-ring (bicyclic) bond motifs is 1. The average Bonchev–Trinajstić information content (AvgIpc) is 3.02. The Labute approximate surface area is 277 Å². The van der Waals surface area contributed by atoms with Crippen LogP contribution in [0.2, 0.25) is 0 Å². The van der Waals surface area contributed by atoms with Crippen molar-refractivity contribution in [2.45, 2.75) is 77.7 Å². The van der Waals surface area contributed by atoms with Crippen molar-refractivity contribution < 1.29 is 32.9 Å². The van der Waals surface area contributed by atoms with Gasteiger partial charge < -0.3 is 23.8 Å². The Kier molecular flexibility index (Phi) is 11.4. The topological polar surface area (TPSA) is 96.9 Å². The summed E-state index contributed by atoms with van der Waals surface area (Å²) in [6, 6.07) is 7.95. The first kappa shape index (κ1) is 35.0. The Morgan fingerprint density at radius 1 is 1.02 bits per heavy atom. The molecule has 1 aromatic heterocycles. The number of piperazine rings is 1. The number of rotatable bonds is 9. The molecule has 11 nitrogen and oxygen atoms in total. The summed E-state index contributed by atoms with van der Waals surface area (Å²) in [6.45, 7) is 16.7. The number of aromatic nitrogens is 1. The number of hydrogen-bond acceptors (Lipinski definition) is 9. The number of amides is 2. The van der Waals surface area contributed by atoms with Gasteiger partial charge in [0, 0.05) is 57.1 Å². The van der Waals surface area contributed by atoms with Gasteiger partial charge in [-0.2, -0.15) is 0 Å². The molecule has 258 valence electrons. The maximum atomic E-state index is 14.5. The Morgan fingerprint density at radius 2 is 1.79 bits per heavy atom. The molecule has 0 bridgehead atoms. The number of hydrogen-bond donors (Lipinski definition) is 0. The van der Waals surface area contributed by atoms with Crippen molar-refractivity contribution >= 4 is 17.7 Å². The number of benzene rings is 1. The second-order valence-electron chi connectivity index (χ2n) is 13.8. The second-order valence-corrected chi connectivity index (χ2v) is 13.8. The lowest BCUT2D eigenvalue weighted by Gasteiger charge is -2.48. The van der Waals surface area contributed by atoms with E-state index in [2.05, 4.69) is 21.7 Å². The zero-order valence-electron chi connectivity index (χ0n) is 28.6. The predicted octanol–water partition coefficient (Wildman–Crippen LogP) is 3.97. The zero-order chi connectivity index (χ0) is 33.7. The highest BCUT2D eigenvalue weighted by atomic mass is 19.1. The summed E-state index contributed by atoms with van der Waals surface area (Å²) in [5.41, 5.74) is 1.81. The molecule has 3 aliphatic heterocycles. The summed E-state index contributed by atoms with van der Waals surface area (Å²) in [7, 11) is 0. The van der Waals surface area contributed by atoms with Gasteiger partial charge in [-0.15, -0.1) is 0 Å². The van der Waals surface area contributed by atoms with Crippen molar-refractivity contribution in [2.75, 3.05) is 70.7 Å². The molecule has 0 aliphatic carbocycles. The molecule has 3 aliphatic rings. The fraction of sp³-hybridized carbons (Fsp3) is 0.629. The lowest BCUT2D eigenvalue weighted by Crippen LogP contribution is -2.65. The summed E-state index contributed by atoms with van der Waals surface area (Å²) >= 11 is 0. The van der Waals surface area contributed by atoms with Crippen LogP contribution in [0, 0.1) is 5.82 Å². The van der Waals surface area contributed by atoms with Gasteiger partial charge >= 0.3 is 6.09 Å². The first-order chi connectivity index (χ1) is 22.4. The van der Waals surface area contributed by atoms with E-state index in [-0.39, 0.29) is 55.1 Å². The smallest absolute Gasteiger partial charge is 0.410 e. The zero-order valence-corrected chi connectivity index (χ0v) is 28.6. The van der Waals surface area contributed by atoms with Gasteiger partial charge in [0.2, 0.25) is 11.8 Å². The third-order valence-electron chi connectivity index (χ3n) is 8.90. The van der Waals surface area contributed by atoms with Crippen molar-refractivity contribution in [3.05, 3.63) is 53.5 Å². The number of morpholine rings is 1. The minimum atomic E-state index is -0.610. The maximum absolute atomic E-state index is 14.5. The molecule has 1 aromatic carbocycles. The summed E-state index contributed by atoms with van der Waals surface area (Å²) in [5, 5.41) is 0. The van der Waals surface area contributed by atoms with Crippen LogP contribution in [0.1, 0.15) is 52.7 Å². The van der Waals surface area contributed by atoms with E-state index in [0.29, 0.717) is 64.0 Å². The lowest BCUT2D eigenvalue weighted by molar-refractivity contribution is -0.123. The van der Waals surface area contributed by atoms with E-state index >= 15 is 0 Å². The van der Waals surface area contributed by atoms with Gasteiger partial charge in [-0.05, 0) is 77.3 Å². The van der Waals surface area contributed by atoms with Crippen LogP contribution in [0.3, 0.4) is 0 Å². The normalized spacial score (nSPS) is 24.1. The molecule has 0 saturated carbocycles.